The van der Waals surface area contributed by atoms with Crippen LogP contribution in [0.3, 0.4) is 0 Å². The summed E-state index contributed by atoms with van der Waals surface area (Å²) in [6.45, 7) is 1.88. The Labute approximate surface area is 141 Å². The maximum absolute atomic E-state index is 12.3. The van der Waals surface area contributed by atoms with Gasteiger partial charge in [-0.15, -0.1) is 0 Å². The SMILES string of the molecule is CC(NC(=O)c1ccc(Br)cc1Cl)c1nc2ccccc2[nH]1. The first-order valence-corrected chi connectivity index (χ1v) is 7.92. The summed E-state index contributed by atoms with van der Waals surface area (Å²) in [4.78, 5) is 20.0. The molecule has 22 heavy (non-hydrogen) atoms. The van der Waals surface area contributed by atoms with Crippen LogP contribution in [0.5, 0.6) is 0 Å². The number of carbonyl (C=O) groups excluding carboxylic acids is 1. The number of amides is 1. The summed E-state index contributed by atoms with van der Waals surface area (Å²) in [5.41, 5.74) is 2.26. The largest absolute Gasteiger partial charge is 0.342 e. The standard InChI is InChI=1S/C16H13BrClN3O/c1-9(15-20-13-4-2-3-5-14(13)21-15)19-16(22)11-7-6-10(17)8-12(11)18/h2-9H,1H3,(H,19,22)(H,20,21). The summed E-state index contributed by atoms with van der Waals surface area (Å²) in [7, 11) is 0. The lowest BCUT2D eigenvalue weighted by Crippen LogP contribution is -2.27. The minimum atomic E-state index is -0.250. The number of carbonyl (C=O) groups is 1. The molecule has 4 nitrogen and oxygen atoms in total. The van der Waals surface area contributed by atoms with Crippen molar-refractivity contribution in [2.75, 3.05) is 0 Å². The van der Waals surface area contributed by atoms with Crippen LogP contribution in [0.4, 0.5) is 0 Å². The zero-order valence-corrected chi connectivity index (χ0v) is 14.1. The molecule has 2 N–H and O–H groups in total. The Bertz CT molecular complexity index is 813. The number of hydrogen-bond donors (Lipinski definition) is 2. The number of nitrogens with zero attached hydrogens (tertiary/aromatic N) is 1. The van der Waals surface area contributed by atoms with Crippen molar-refractivity contribution in [3.8, 4) is 0 Å². The molecule has 1 amide bonds. The second-order valence-electron chi connectivity index (χ2n) is 4.96. The van der Waals surface area contributed by atoms with Gasteiger partial charge in [0.25, 0.3) is 5.91 Å². The molecule has 0 aliphatic heterocycles. The average molecular weight is 379 g/mol. The number of aromatic nitrogens is 2. The second kappa shape index (κ2) is 6.10. The summed E-state index contributed by atoms with van der Waals surface area (Å²) >= 11 is 9.43. The smallest absolute Gasteiger partial charge is 0.253 e. The Balaban J connectivity index is 1.81. The van der Waals surface area contributed by atoms with E-state index in [1.165, 1.54) is 0 Å². The predicted molar refractivity (Wildman–Crippen MR) is 91.1 cm³/mol. The van der Waals surface area contributed by atoms with E-state index in [0.717, 1.165) is 15.5 Å². The summed E-state index contributed by atoms with van der Waals surface area (Å²) < 4.78 is 0.833. The number of aromatic amines is 1. The topological polar surface area (TPSA) is 57.8 Å². The van der Waals surface area contributed by atoms with Crippen molar-refractivity contribution in [2.45, 2.75) is 13.0 Å². The van der Waals surface area contributed by atoms with Crippen molar-refractivity contribution in [3.63, 3.8) is 0 Å². The van der Waals surface area contributed by atoms with Gasteiger partial charge in [0.1, 0.15) is 5.82 Å². The summed E-state index contributed by atoms with van der Waals surface area (Å²) in [6.07, 6.45) is 0. The van der Waals surface area contributed by atoms with Crippen molar-refractivity contribution >= 4 is 44.5 Å². The fraction of sp³-hybridized carbons (Fsp3) is 0.125. The first kappa shape index (κ1) is 15.1. The average Bonchev–Trinajstić information content (AvgIpc) is 2.91. The highest BCUT2D eigenvalue weighted by molar-refractivity contribution is 9.10. The van der Waals surface area contributed by atoms with Crippen LogP contribution in [0.25, 0.3) is 11.0 Å². The Morgan fingerprint density at radius 2 is 2.09 bits per heavy atom. The molecule has 0 aliphatic rings. The molecule has 0 bridgehead atoms. The van der Waals surface area contributed by atoms with Crippen LogP contribution in [-0.4, -0.2) is 15.9 Å². The van der Waals surface area contributed by atoms with E-state index >= 15 is 0 Å². The number of fused-ring (bicyclic) bond motifs is 1. The Morgan fingerprint density at radius 1 is 1.32 bits per heavy atom. The van der Waals surface area contributed by atoms with Crippen LogP contribution >= 0.6 is 27.5 Å². The normalized spacial score (nSPS) is 12.3. The lowest BCUT2D eigenvalue weighted by atomic mass is 10.2. The quantitative estimate of drug-likeness (QED) is 0.706. The lowest BCUT2D eigenvalue weighted by molar-refractivity contribution is 0.0938. The summed E-state index contributed by atoms with van der Waals surface area (Å²) in [5.74, 6) is 0.480. The lowest BCUT2D eigenvalue weighted by Gasteiger charge is -2.12. The first-order valence-electron chi connectivity index (χ1n) is 6.75. The molecular weight excluding hydrogens is 366 g/mol. The van der Waals surface area contributed by atoms with E-state index in [1.807, 2.05) is 31.2 Å². The molecule has 1 aromatic heterocycles. The fourth-order valence-corrected chi connectivity index (χ4v) is 2.95. The zero-order valence-electron chi connectivity index (χ0n) is 11.7. The molecule has 6 heteroatoms. The Morgan fingerprint density at radius 3 is 2.82 bits per heavy atom. The maximum atomic E-state index is 12.3. The number of rotatable bonds is 3. The van der Waals surface area contributed by atoms with Crippen molar-refractivity contribution in [3.05, 3.63) is 63.3 Å². The Kier molecular flexibility index (Phi) is 4.18. The van der Waals surface area contributed by atoms with Crippen molar-refractivity contribution in [1.29, 1.82) is 0 Å². The third-order valence-electron chi connectivity index (χ3n) is 3.34. The van der Waals surface area contributed by atoms with Crippen molar-refractivity contribution in [1.82, 2.24) is 15.3 Å². The number of imidazole rings is 1. The van der Waals surface area contributed by atoms with Gasteiger partial charge in [0.05, 0.1) is 27.7 Å². The highest BCUT2D eigenvalue weighted by atomic mass is 79.9. The van der Waals surface area contributed by atoms with E-state index in [-0.39, 0.29) is 11.9 Å². The number of nitrogens with one attached hydrogen (secondary N) is 2. The molecule has 3 aromatic rings. The van der Waals surface area contributed by atoms with Crippen molar-refractivity contribution in [2.24, 2.45) is 0 Å². The second-order valence-corrected chi connectivity index (χ2v) is 6.28. The first-order chi connectivity index (χ1) is 10.5. The predicted octanol–water partition coefficient (Wildman–Crippen LogP) is 4.47. The van der Waals surface area contributed by atoms with Crippen LogP contribution in [0.15, 0.2) is 46.9 Å². The highest BCUT2D eigenvalue weighted by Gasteiger charge is 2.16. The third kappa shape index (κ3) is 3.00. The minimum Gasteiger partial charge on any atom is -0.342 e. The zero-order chi connectivity index (χ0) is 15.7. The molecule has 0 spiro atoms. The molecule has 0 radical (unpaired) electrons. The van der Waals surface area contributed by atoms with E-state index in [0.29, 0.717) is 16.4 Å². The molecule has 3 rings (SSSR count). The number of para-hydroxylation sites is 2. The van der Waals surface area contributed by atoms with E-state index < -0.39 is 0 Å². The number of H-pyrrole nitrogens is 1. The molecular formula is C16H13BrClN3O. The molecule has 2 aromatic carbocycles. The molecule has 0 saturated carbocycles. The van der Waals surface area contributed by atoms with E-state index in [4.69, 9.17) is 11.6 Å². The van der Waals surface area contributed by atoms with Gasteiger partial charge in [-0.1, -0.05) is 39.7 Å². The van der Waals surface area contributed by atoms with Gasteiger partial charge >= 0.3 is 0 Å². The minimum absolute atomic E-state index is 0.231. The van der Waals surface area contributed by atoms with Gasteiger partial charge in [0.15, 0.2) is 0 Å². The molecule has 1 atom stereocenters. The number of halogens is 2. The van der Waals surface area contributed by atoms with E-state index in [1.54, 1.807) is 18.2 Å². The summed E-state index contributed by atoms with van der Waals surface area (Å²) in [5, 5.41) is 3.31. The van der Waals surface area contributed by atoms with Crippen LogP contribution in [-0.2, 0) is 0 Å². The van der Waals surface area contributed by atoms with Gasteiger partial charge < -0.3 is 10.3 Å². The number of benzene rings is 2. The fourth-order valence-electron chi connectivity index (χ4n) is 2.19. The van der Waals surface area contributed by atoms with Gasteiger partial charge in [-0.05, 0) is 37.3 Å². The van der Waals surface area contributed by atoms with Gasteiger partial charge in [-0.25, -0.2) is 4.98 Å². The molecule has 0 fully saturated rings. The molecule has 0 saturated heterocycles. The molecule has 112 valence electrons. The van der Waals surface area contributed by atoms with Gasteiger partial charge in [-0.2, -0.15) is 0 Å². The van der Waals surface area contributed by atoms with Crippen LogP contribution in [0.2, 0.25) is 5.02 Å². The summed E-state index contributed by atoms with van der Waals surface area (Å²) in [6, 6.07) is 12.7. The van der Waals surface area contributed by atoms with Gasteiger partial charge in [0, 0.05) is 4.47 Å². The monoisotopic (exact) mass is 377 g/mol. The number of hydrogen-bond acceptors (Lipinski definition) is 2. The third-order valence-corrected chi connectivity index (χ3v) is 4.15. The van der Waals surface area contributed by atoms with Crippen LogP contribution in [0, 0.1) is 0 Å². The van der Waals surface area contributed by atoms with Gasteiger partial charge in [-0.3, -0.25) is 4.79 Å². The van der Waals surface area contributed by atoms with Crippen LogP contribution < -0.4 is 5.32 Å². The molecule has 1 heterocycles. The van der Waals surface area contributed by atoms with Crippen molar-refractivity contribution < 1.29 is 4.79 Å². The Hall–Kier alpha value is -1.85. The van der Waals surface area contributed by atoms with Gasteiger partial charge in [0.2, 0.25) is 0 Å². The van der Waals surface area contributed by atoms with Crippen LogP contribution in [0.1, 0.15) is 29.1 Å². The van der Waals surface area contributed by atoms with E-state index in [2.05, 4.69) is 31.2 Å². The molecule has 0 aliphatic carbocycles. The highest BCUT2D eigenvalue weighted by Crippen LogP contribution is 2.22. The molecule has 1 unspecified atom stereocenters. The van der Waals surface area contributed by atoms with E-state index in [9.17, 15) is 4.79 Å². The maximum Gasteiger partial charge on any atom is 0.253 e.